The number of hydrogen-bond acceptors (Lipinski definition) is 5. The van der Waals surface area contributed by atoms with Crippen LogP contribution in [-0.2, 0) is 20.7 Å². The van der Waals surface area contributed by atoms with E-state index in [1.165, 1.54) is 0 Å². The molecule has 26 heavy (non-hydrogen) atoms. The number of esters is 2. The minimum Gasteiger partial charge on any atom is -0.466 e. The van der Waals surface area contributed by atoms with Crippen LogP contribution >= 0.6 is 0 Å². The molecule has 0 unspecified atom stereocenters. The number of hydrogen-bond donors (Lipinski definition) is 0. The van der Waals surface area contributed by atoms with Crippen molar-refractivity contribution in [2.24, 2.45) is 0 Å². The van der Waals surface area contributed by atoms with E-state index in [9.17, 15) is 9.59 Å². The summed E-state index contributed by atoms with van der Waals surface area (Å²) in [6.45, 7) is 4.34. The molecule has 1 heterocycles. The molecule has 0 radical (unpaired) electrons. The van der Waals surface area contributed by atoms with E-state index in [-0.39, 0.29) is 11.9 Å². The van der Waals surface area contributed by atoms with Crippen LogP contribution in [0.15, 0.2) is 36.4 Å². The third kappa shape index (κ3) is 5.72. The summed E-state index contributed by atoms with van der Waals surface area (Å²) >= 11 is 0. The average Bonchev–Trinajstić information content (AvgIpc) is 3.07. The molecule has 6 heteroatoms. The number of unbranched alkanes of at least 4 members (excludes halogenated alkanes) is 2. The van der Waals surface area contributed by atoms with Crippen molar-refractivity contribution < 1.29 is 19.1 Å². The summed E-state index contributed by atoms with van der Waals surface area (Å²) in [5, 5.41) is 4.57. The van der Waals surface area contributed by atoms with Crippen molar-refractivity contribution in [3.8, 4) is 5.69 Å². The Bertz CT molecular complexity index is 710. The molecule has 0 atom stereocenters. The lowest BCUT2D eigenvalue weighted by Gasteiger charge is -2.06. The first kappa shape index (κ1) is 19.7. The van der Waals surface area contributed by atoms with E-state index in [0.717, 1.165) is 37.1 Å². The number of nitrogens with zero attached hydrogens (tertiary/aromatic N) is 2. The summed E-state index contributed by atoms with van der Waals surface area (Å²) in [7, 11) is 0. The van der Waals surface area contributed by atoms with Crippen molar-refractivity contribution in [1.82, 2.24) is 9.78 Å². The van der Waals surface area contributed by atoms with Crippen LogP contribution < -0.4 is 0 Å². The predicted octanol–water partition coefficient (Wildman–Crippen LogP) is 3.72. The van der Waals surface area contributed by atoms with Gasteiger partial charge in [0.15, 0.2) is 5.69 Å². The molecule has 140 valence electrons. The van der Waals surface area contributed by atoms with Gasteiger partial charge in [-0.15, -0.1) is 0 Å². The second-order valence-corrected chi connectivity index (χ2v) is 5.85. The molecule has 0 aliphatic heterocycles. The van der Waals surface area contributed by atoms with Crippen molar-refractivity contribution in [3.05, 3.63) is 47.8 Å². The highest BCUT2D eigenvalue weighted by molar-refractivity contribution is 5.88. The number of carbonyl (C=O) groups is 2. The molecule has 2 aromatic rings. The number of ether oxygens (including phenoxy) is 2. The average molecular weight is 358 g/mol. The van der Waals surface area contributed by atoms with Crippen molar-refractivity contribution in [3.63, 3.8) is 0 Å². The Balaban J connectivity index is 1.99. The standard InChI is InChI=1S/C20H26N2O4/c1-3-25-19(23)14-10-5-7-11-16-15-18(20(24)26-4-2)22(21-16)17-12-8-6-9-13-17/h6,8-9,12-13,15H,3-5,7,10-11,14H2,1-2H3. The molecular formula is C20H26N2O4. The fourth-order valence-corrected chi connectivity index (χ4v) is 2.65. The highest BCUT2D eigenvalue weighted by atomic mass is 16.5. The monoisotopic (exact) mass is 358 g/mol. The maximum atomic E-state index is 12.2. The van der Waals surface area contributed by atoms with Gasteiger partial charge in [-0.2, -0.15) is 5.10 Å². The Hall–Kier alpha value is -2.63. The quantitative estimate of drug-likeness (QED) is 0.478. The Labute approximate surface area is 154 Å². The van der Waals surface area contributed by atoms with E-state index in [1.807, 2.05) is 37.3 Å². The van der Waals surface area contributed by atoms with Gasteiger partial charge >= 0.3 is 11.9 Å². The van der Waals surface area contributed by atoms with E-state index in [4.69, 9.17) is 9.47 Å². The summed E-state index contributed by atoms with van der Waals surface area (Å²) in [5.41, 5.74) is 2.09. The zero-order valence-electron chi connectivity index (χ0n) is 15.4. The first-order chi connectivity index (χ1) is 12.7. The third-order valence-electron chi connectivity index (χ3n) is 3.86. The van der Waals surface area contributed by atoms with Gasteiger partial charge in [0, 0.05) is 6.42 Å². The normalized spacial score (nSPS) is 10.5. The van der Waals surface area contributed by atoms with Gasteiger partial charge in [-0.25, -0.2) is 9.48 Å². The maximum Gasteiger partial charge on any atom is 0.357 e. The van der Waals surface area contributed by atoms with E-state index in [0.29, 0.717) is 25.3 Å². The molecule has 0 aliphatic rings. The van der Waals surface area contributed by atoms with Crippen LogP contribution in [0.25, 0.3) is 5.69 Å². The zero-order chi connectivity index (χ0) is 18.8. The number of carbonyl (C=O) groups excluding carboxylic acids is 2. The van der Waals surface area contributed by atoms with Gasteiger partial charge < -0.3 is 9.47 Å². The lowest BCUT2D eigenvalue weighted by atomic mass is 10.1. The number of aromatic nitrogens is 2. The fourth-order valence-electron chi connectivity index (χ4n) is 2.65. The molecule has 6 nitrogen and oxygen atoms in total. The highest BCUT2D eigenvalue weighted by Gasteiger charge is 2.17. The lowest BCUT2D eigenvalue weighted by Crippen LogP contribution is -2.11. The number of aryl methyl sites for hydroxylation is 1. The number of para-hydroxylation sites is 1. The molecule has 0 aliphatic carbocycles. The molecule has 1 aromatic carbocycles. The molecule has 0 amide bonds. The van der Waals surface area contributed by atoms with E-state index < -0.39 is 0 Å². The second-order valence-electron chi connectivity index (χ2n) is 5.85. The maximum absolute atomic E-state index is 12.2. The summed E-state index contributed by atoms with van der Waals surface area (Å²) in [6.07, 6.45) is 3.79. The fraction of sp³-hybridized carbons (Fsp3) is 0.450. The first-order valence-corrected chi connectivity index (χ1v) is 9.12. The molecule has 0 saturated carbocycles. The van der Waals surface area contributed by atoms with Crippen LogP contribution in [0.3, 0.4) is 0 Å². The Morgan fingerprint density at radius 2 is 1.73 bits per heavy atom. The summed E-state index contributed by atoms with van der Waals surface area (Å²) < 4.78 is 11.7. The van der Waals surface area contributed by atoms with E-state index in [2.05, 4.69) is 5.10 Å². The molecule has 0 spiro atoms. The van der Waals surface area contributed by atoms with Gasteiger partial charge in [-0.3, -0.25) is 4.79 Å². The molecule has 1 aromatic heterocycles. The largest absolute Gasteiger partial charge is 0.466 e. The van der Waals surface area contributed by atoms with Gasteiger partial charge in [0.05, 0.1) is 24.6 Å². The minimum atomic E-state index is -0.377. The van der Waals surface area contributed by atoms with Crippen molar-refractivity contribution in [2.75, 3.05) is 13.2 Å². The summed E-state index contributed by atoms with van der Waals surface area (Å²) in [4.78, 5) is 23.6. The lowest BCUT2D eigenvalue weighted by molar-refractivity contribution is -0.143. The second kappa shape index (κ2) is 10.4. The number of rotatable bonds is 10. The van der Waals surface area contributed by atoms with Crippen LogP contribution in [0.1, 0.15) is 55.7 Å². The van der Waals surface area contributed by atoms with Crippen LogP contribution in [0.2, 0.25) is 0 Å². The van der Waals surface area contributed by atoms with Crippen LogP contribution in [-0.4, -0.2) is 34.9 Å². The Morgan fingerprint density at radius 3 is 2.42 bits per heavy atom. The zero-order valence-corrected chi connectivity index (χ0v) is 15.4. The smallest absolute Gasteiger partial charge is 0.357 e. The molecule has 0 N–H and O–H groups in total. The van der Waals surface area contributed by atoms with Crippen LogP contribution in [0, 0.1) is 0 Å². The minimum absolute atomic E-state index is 0.148. The van der Waals surface area contributed by atoms with Gasteiger partial charge in [0.1, 0.15) is 0 Å². The Kier molecular flexibility index (Phi) is 7.86. The van der Waals surface area contributed by atoms with Gasteiger partial charge in [0.2, 0.25) is 0 Å². The molecule has 2 rings (SSSR count). The van der Waals surface area contributed by atoms with Gasteiger partial charge in [0.25, 0.3) is 0 Å². The topological polar surface area (TPSA) is 70.4 Å². The number of benzene rings is 1. The SMILES string of the molecule is CCOC(=O)CCCCCc1cc(C(=O)OCC)n(-c2ccccc2)n1. The van der Waals surface area contributed by atoms with Crippen molar-refractivity contribution >= 4 is 11.9 Å². The van der Waals surface area contributed by atoms with E-state index in [1.54, 1.807) is 17.7 Å². The molecule has 0 fully saturated rings. The van der Waals surface area contributed by atoms with Crippen molar-refractivity contribution in [2.45, 2.75) is 46.0 Å². The first-order valence-electron chi connectivity index (χ1n) is 9.12. The molecule has 0 saturated heterocycles. The van der Waals surface area contributed by atoms with E-state index >= 15 is 0 Å². The molecule has 0 bridgehead atoms. The summed E-state index contributed by atoms with van der Waals surface area (Å²) in [5.74, 6) is -0.525. The third-order valence-corrected chi connectivity index (χ3v) is 3.86. The molecular weight excluding hydrogens is 332 g/mol. The van der Waals surface area contributed by atoms with Crippen LogP contribution in [0.5, 0.6) is 0 Å². The van der Waals surface area contributed by atoms with Gasteiger partial charge in [-0.1, -0.05) is 24.6 Å². The Morgan fingerprint density at radius 1 is 1.00 bits per heavy atom. The van der Waals surface area contributed by atoms with Gasteiger partial charge in [-0.05, 0) is 51.3 Å². The summed E-state index contributed by atoms with van der Waals surface area (Å²) in [6, 6.07) is 11.3. The highest BCUT2D eigenvalue weighted by Crippen LogP contribution is 2.16. The predicted molar refractivity (Wildman–Crippen MR) is 98.3 cm³/mol. The van der Waals surface area contributed by atoms with Crippen LogP contribution in [0.4, 0.5) is 0 Å². The van der Waals surface area contributed by atoms with Crippen molar-refractivity contribution in [1.29, 1.82) is 0 Å².